The van der Waals surface area contributed by atoms with Gasteiger partial charge >= 0.3 is 0 Å². The van der Waals surface area contributed by atoms with E-state index in [1.54, 1.807) is 0 Å². The summed E-state index contributed by atoms with van der Waals surface area (Å²) in [5, 5.41) is 2.50. The van der Waals surface area contributed by atoms with Gasteiger partial charge in [0.2, 0.25) is 0 Å². The zero-order chi connectivity index (χ0) is 40.5. The van der Waals surface area contributed by atoms with Crippen molar-refractivity contribution in [2.45, 2.75) is 0 Å². The Morgan fingerprint density at radius 2 is 0.590 bits per heavy atom. The first-order valence-electron chi connectivity index (χ1n) is 20.5. The average Bonchev–Trinajstić information content (AvgIpc) is 3.73. The molecule has 0 spiro atoms. The van der Waals surface area contributed by atoms with E-state index in [1.807, 2.05) is 23.5 Å². The fourth-order valence-electron chi connectivity index (χ4n) is 8.18. The minimum Gasteiger partial charge on any atom is -0.208 e. The second-order valence-corrected chi connectivity index (χ2v) is 16.3. The minimum atomic E-state index is 0.635. The van der Waals surface area contributed by atoms with Gasteiger partial charge in [-0.05, 0) is 67.8 Å². The number of benzene rings is 9. The third-order valence-electron chi connectivity index (χ3n) is 11.4. The highest BCUT2D eigenvalue weighted by Crippen LogP contribution is 2.42. The molecule has 2 heterocycles. The van der Waals surface area contributed by atoms with Gasteiger partial charge in [-0.3, -0.25) is 0 Å². The second-order valence-electron chi connectivity index (χ2n) is 15.2. The van der Waals surface area contributed by atoms with Crippen LogP contribution in [0.25, 0.3) is 110 Å². The molecular formula is C57H37N3S. The summed E-state index contributed by atoms with van der Waals surface area (Å²) >= 11 is 1.81. The number of hydrogen-bond donors (Lipinski definition) is 0. The molecule has 0 saturated heterocycles. The fourth-order valence-corrected chi connectivity index (χ4v) is 9.35. The molecule has 2 aromatic heterocycles. The van der Waals surface area contributed by atoms with Crippen molar-refractivity contribution < 1.29 is 0 Å². The lowest BCUT2D eigenvalue weighted by atomic mass is 9.97. The van der Waals surface area contributed by atoms with Crippen LogP contribution in [-0.4, -0.2) is 15.0 Å². The molecule has 11 aromatic rings. The normalized spacial score (nSPS) is 11.3. The third-order valence-corrected chi connectivity index (χ3v) is 12.5. The maximum absolute atomic E-state index is 5.15. The maximum atomic E-state index is 5.15. The van der Waals surface area contributed by atoms with Crippen LogP contribution in [0.1, 0.15) is 0 Å². The highest BCUT2D eigenvalue weighted by Gasteiger charge is 2.16. The molecule has 0 N–H and O–H groups in total. The molecule has 0 aliphatic carbocycles. The van der Waals surface area contributed by atoms with Crippen LogP contribution in [0.2, 0.25) is 0 Å². The van der Waals surface area contributed by atoms with Gasteiger partial charge in [-0.25, -0.2) is 15.0 Å². The summed E-state index contributed by atoms with van der Waals surface area (Å²) in [6.07, 6.45) is 0. The number of fused-ring (bicyclic) bond motifs is 3. The van der Waals surface area contributed by atoms with Crippen molar-refractivity contribution in [3.63, 3.8) is 0 Å². The van der Waals surface area contributed by atoms with Crippen molar-refractivity contribution in [2.24, 2.45) is 0 Å². The Kier molecular flexibility index (Phi) is 9.38. The molecule has 0 unspecified atom stereocenters. The smallest absolute Gasteiger partial charge is 0.164 e. The largest absolute Gasteiger partial charge is 0.208 e. The van der Waals surface area contributed by atoms with E-state index in [0.717, 1.165) is 33.4 Å². The van der Waals surface area contributed by atoms with Crippen molar-refractivity contribution in [3.8, 4) is 89.8 Å². The topological polar surface area (TPSA) is 38.7 Å². The Hall–Kier alpha value is -7.79. The molecule has 0 radical (unpaired) electrons. The van der Waals surface area contributed by atoms with Crippen LogP contribution in [0.4, 0.5) is 0 Å². The van der Waals surface area contributed by atoms with Crippen molar-refractivity contribution in [1.82, 2.24) is 15.0 Å². The molecule has 61 heavy (non-hydrogen) atoms. The van der Waals surface area contributed by atoms with Gasteiger partial charge in [-0.2, -0.15) is 0 Å². The predicted octanol–water partition coefficient (Wildman–Crippen LogP) is 15.6. The summed E-state index contributed by atoms with van der Waals surface area (Å²) in [6, 6.07) is 79.4. The summed E-state index contributed by atoms with van der Waals surface area (Å²) in [5.41, 5.74) is 14.7. The van der Waals surface area contributed by atoms with E-state index in [2.05, 4.69) is 212 Å². The molecule has 0 atom stereocenters. The summed E-state index contributed by atoms with van der Waals surface area (Å²) in [7, 11) is 0. The quantitative estimate of drug-likeness (QED) is 0.154. The van der Waals surface area contributed by atoms with Crippen LogP contribution in [0.15, 0.2) is 224 Å². The van der Waals surface area contributed by atoms with Crippen LogP contribution in [0.3, 0.4) is 0 Å². The molecule has 0 saturated carbocycles. The average molecular weight is 796 g/mol. The lowest BCUT2D eigenvalue weighted by Crippen LogP contribution is -2.00. The van der Waals surface area contributed by atoms with E-state index in [-0.39, 0.29) is 0 Å². The van der Waals surface area contributed by atoms with Crippen LogP contribution >= 0.6 is 11.3 Å². The van der Waals surface area contributed by atoms with Gasteiger partial charge in [0.25, 0.3) is 0 Å². The maximum Gasteiger partial charge on any atom is 0.164 e. The van der Waals surface area contributed by atoms with Crippen LogP contribution in [0, 0.1) is 0 Å². The summed E-state index contributed by atoms with van der Waals surface area (Å²) in [6.45, 7) is 0. The lowest BCUT2D eigenvalue weighted by molar-refractivity contribution is 1.07. The zero-order valence-electron chi connectivity index (χ0n) is 33.1. The molecular weight excluding hydrogens is 759 g/mol. The Morgan fingerprint density at radius 1 is 0.246 bits per heavy atom. The van der Waals surface area contributed by atoms with Crippen LogP contribution in [-0.2, 0) is 0 Å². The van der Waals surface area contributed by atoms with Crippen molar-refractivity contribution in [2.75, 3.05) is 0 Å². The van der Waals surface area contributed by atoms with Gasteiger partial charge in [0.1, 0.15) is 0 Å². The van der Waals surface area contributed by atoms with Crippen molar-refractivity contribution >= 4 is 31.5 Å². The number of thiophene rings is 1. The van der Waals surface area contributed by atoms with Gasteiger partial charge in [-0.1, -0.05) is 212 Å². The lowest BCUT2D eigenvalue weighted by Gasteiger charge is -2.10. The molecule has 0 amide bonds. The zero-order valence-corrected chi connectivity index (χ0v) is 33.9. The highest BCUT2D eigenvalue weighted by molar-refractivity contribution is 7.26. The SMILES string of the molecule is c1ccc(-c2ccc(-c3ccc(-c4nc(-c5ccc(-c6ccccc6)cc5)nc(-c5ccc6c(c5)sc5cccc(-c7ccc(-c8ccccc8)cc7)c56)n4)cc3)cc2)cc1. The van der Waals surface area contributed by atoms with Gasteiger partial charge in [0.15, 0.2) is 17.5 Å². The Labute approximate surface area is 359 Å². The standard InChI is InChI=1S/C57H37N3S/c1-4-11-38(12-5-1)41-19-21-44(22-20-41)45-27-33-48(34-28-45)56-58-55(47-31-25-43(26-32-47)40-15-8-3-9-16-40)59-57(60-56)49-35-36-51-53(37-49)61-52-18-10-17-50(54(51)52)46-29-23-42(24-30-46)39-13-6-2-7-14-39/h1-37H. The predicted molar refractivity (Wildman–Crippen MR) is 256 cm³/mol. The summed E-state index contributed by atoms with van der Waals surface area (Å²) < 4.78 is 2.45. The summed E-state index contributed by atoms with van der Waals surface area (Å²) in [5.74, 6) is 1.91. The number of nitrogens with zero attached hydrogens (tertiary/aromatic N) is 3. The molecule has 286 valence electrons. The van der Waals surface area contributed by atoms with E-state index >= 15 is 0 Å². The van der Waals surface area contributed by atoms with E-state index < -0.39 is 0 Å². The van der Waals surface area contributed by atoms with Crippen molar-refractivity contribution in [1.29, 1.82) is 0 Å². The van der Waals surface area contributed by atoms with Crippen LogP contribution in [0.5, 0.6) is 0 Å². The highest BCUT2D eigenvalue weighted by atomic mass is 32.1. The Morgan fingerprint density at radius 3 is 1.02 bits per heavy atom. The van der Waals surface area contributed by atoms with Crippen molar-refractivity contribution in [3.05, 3.63) is 224 Å². The molecule has 0 aliphatic rings. The van der Waals surface area contributed by atoms with Gasteiger partial charge in [0.05, 0.1) is 0 Å². The molecule has 11 rings (SSSR count). The van der Waals surface area contributed by atoms with E-state index in [9.17, 15) is 0 Å². The summed E-state index contributed by atoms with van der Waals surface area (Å²) in [4.78, 5) is 15.4. The van der Waals surface area contributed by atoms with Crippen LogP contribution < -0.4 is 0 Å². The first kappa shape index (κ1) is 36.3. The third kappa shape index (κ3) is 7.20. The van der Waals surface area contributed by atoms with Gasteiger partial charge in [0, 0.05) is 36.9 Å². The first-order chi connectivity index (χ1) is 30.2. The molecule has 9 aromatic carbocycles. The number of rotatable bonds is 8. The number of hydrogen-bond acceptors (Lipinski definition) is 4. The van der Waals surface area contributed by atoms with Gasteiger partial charge < -0.3 is 0 Å². The Balaban J connectivity index is 0.967. The van der Waals surface area contributed by atoms with Gasteiger partial charge in [-0.15, -0.1) is 11.3 Å². The monoisotopic (exact) mass is 795 g/mol. The molecule has 0 fully saturated rings. The Bertz CT molecular complexity index is 3290. The first-order valence-corrected chi connectivity index (χ1v) is 21.3. The van der Waals surface area contributed by atoms with E-state index in [4.69, 9.17) is 15.0 Å². The molecule has 0 bridgehead atoms. The molecule has 3 nitrogen and oxygen atoms in total. The second kappa shape index (κ2) is 15.8. The molecule has 4 heteroatoms. The fraction of sp³-hybridized carbons (Fsp3) is 0. The van der Waals surface area contributed by atoms with E-state index in [1.165, 1.54) is 59.1 Å². The molecule has 0 aliphatic heterocycles. The number of aromatic nitrogens is 3. The van der Waals surface area contributed by atoms with E-state index in [0.29, 0.717) is 17.5 Å². The minimum absolute atomic E-state index is 0.635.